The van der Waals surface area contributed by atoms with Gasteiger partial charge < -0.3 is 5.11 Å². The molecule has 20 heavy (non-hydrogen) atoms. The maximum atomic E-state index is 13.6. The molecule has 0 amide bonds. The first kappa shape index (κ1) is 15.3. The van der Waals surface area contributed by atoms with Crippen molar-refractivity contribution in [3.05, 3.63) is 28.2 Å². The molecule has 1 fully saturated rings. The van der Waals surface area contributed by atoms with Gasteiger partial charge in [-0.25, -0.2) is 21.9 Å². The van der Waals surface area contributed by atoms with Crippen molar-refractivity contribution in [3.8, 4) is 0 Å². The van der Waals surface area contributed by atoms with E-state index in [4.69, 9.17) is 5.11 Å². The molecular formula is C11H10BrF2NO4S. The van der Waals surface area contributed by atoms with Crippen molar-refractivity contribution in [1.82, 2.24) is 4.72 Å². The van der Waals surface area contributed by atoms with E-state index in [-0.39, 0.29) is 11.0 Å². The van der Waals surface area contributed by atoms with E-state index in [0.29, 0.717) is 18.9 Å². The van der Waals surface area contributed by atoms with Gasteiger partial charge in [0.15, 0.2) is 0 Å². The Morgan fingerprint density at radius 2 is 2.00 bits per heavy atom. The fraction of sp³-hybridized carbons (Fsp3) is 0.364. The first-order chi connectivity index (χ1) is 9.18. The number of rotatable bonds is 5. The topological polar surface area (TPSA) is 83.5 Å². The number of sulfonamides is 1. The van der Waals surface area contributed by atoms with Crippen LogP contribution in [0.2, 0.25) is 0 Å². The SMILES string of the molecule is O=C(O)C1(CNS(=O)(=O)c2c(F)cc(F)cc2Br)CC1. The Kier molecular flexibility index (Phi) is 3.87. The second-order valence-corrected chi connectivity index (χ2v) is 7.17. The van der Waals surface area contributed by atoms with Gasteiger partial charge in [-0.05, 0) is 34.8 Å². The average molecular weight is 370 g/mol. The number of benzene rings is 1. The monoisotopic (exact) mass is 369 g/mol. The molecule has 0 spiro atoms. The highest BCUT2D eigenvalue weighted by atomic mass is 79.9. The van der Waals surface area contributed by atoms with Crippen LogP contribution in [0.25, 0.3) is 0 Å². The summed E-state index contributed by atoms with van der Waals surface area (Å²) in [7, 11) is -4.27. The summed E-state index contributed by atoms with van der Waals surface area (Å²) in [4.78, 5) is 10.2. The molecule has 1 aliphatic carbocycles. The summed E-state index contributed by atoms with van der Waals surface area (Å²) in [5.74, 6) is -3.26. The van der Waals surface area contributed by atoms with Crippen LogP contribution in [0, 0.1) is 17.0 Å². The zero-order valence-corrected chi connectivity index (χ0v) is 12.4. The predicted octanol–water partition coefficient (Wildman–Crippen LogP) is 1.87. The van der Waals surface area contributed by atoms with Gasteiger partial charge in [-0.15, -0.1) is 0 Å². The largest absolute Gasteiger partial charge is 0.481 e. The van der Waals surface area contributed by atoms with Crippen molar-refractivity contribution >= 4 is 31.9 Å². The quantitative estimate of drug-likeness (QED) is 0.829. The molecule has 0 atom stereocenters. The van der Waals surface area contributed by atoms with E-state index in [1.807, 2.05) is 0 Å². The molecule has 1 aromatic carbocycles. The van der Waals surface area contributed by atoms with Crippen LogP contribution in [-0.2, 0) is 14.8 Å². The summed E-state index contributed by atoms with van der Waals surface area (Å²) in [6.07, 6.45) is 0.718. The molecule has 0 aliphatic heterocycles. The summed E-state index contributed by atoms with van der Waals surface area (Å²) in [5, 5.41) is 8.95. The molecule has 2 N–H and O–H groups in total. The maximum absolute atomic E-state index is 13.6. The van der Waals surface area contributed by atoms with Gasteiger partial charge in [0.1, 0.15) is 16.5 Å². The van der Waals surface area contributed by atoms with Gasteiger partial charge in [0.2, 0.25) is 10.0 Å². The van der Waals surface area contributed by atoms with Crippen LogP contribution in [0.4, 0.5) is 8.78 Å². The van der Waals surface area contributed by atoms with Gasteiger partial charge in [-0.1, -0.05) is 0 Å². The first-order valence-corrected chi connectivity index (χ1v) is 7.83. The molecule has 0 saturated heterocycles. The van der Waals surface area contributed by atoms with Gasteiger partial charge in [0, 0.05) is 17.1 Å². The van der Waals surface area contributed by atoms with Crippen LogP contribution < -0.4 is 4.72 Å². The molecule has 0 radical (unpaired) electrons. The minimum Gasteiger partial charge on any atom is -0.481 e. The van der Waals surface area contributed by atoms with E-state index >= 15 is 0 Å². The van der Waals surface area contributed by atoms with Crippen LogP contribution >= 0.6 is 15.9 Å². The molecular weight excluding hydrogens is 360 g/mol. The van der Waals surface area contributed by atoms with Crippen molar-refractivity contribution in [2.45, 2.75) is 17.7 Å². The lowest BCUT2D eigenvalue weighted by molar-refractivity contribution is -0.143. The Morgan fingerprint density at radius 3 is 2.45 bits per heavy atom. The van der Waals surface area contributed by atoms with Crippen molar-refractivity contribution < 1.29 is 27.1 Å². The summed E-state index contributed by atoms with van der Waals surface area (Å²) in [5.41, 5.74) is -1.12. The minimum absolute atomic E-state index is 0.261. The predicted molar refractivity (Wildman–Crippen MR) is 68.5 cm³/mol. The lowest BCUT2D eigenvalue weighted by atomic mass is 10.1. The number of aliphatic carboxylic acids is 1. The third-order valence-corrected chi connectivity index (χ3v) is 5.50. The third-order valence-electron chi connectivity index (χ3n) is 3.14. The van der Waals surface area contributed by atoms with Gasteiger partial charge in [0.25, 0.3) is 0 Å². The number of carboxylic acids is 1. The molecule has 5 nitrogen and oxygen atoms in total. The number of hydrogen-bond donors (Lipinski definition) is 2. The van der Waals surface area contributed by atoms with Gasteiger partial charge in [-0.2, -0.15) is 0 Å². The van der Waals surface area contributed by atoms with Crippen LogP contribution in [0.1, 0.15) is 12.8 Å². The Bertz CT molecular complexity index is 650. The standard InChI is InChI=1S/C11H10BrF2NO4S/c12-7-3-6(13)4-8(14)9(7)20(18,19)15-5-11(1-2-11)10(16)17/h3-4,15H,1-2,5H2,(H,16,17). The highest BCUT2D eigenvalue weighted by Gasteiger charge is 2.50. The van der Waals surface area contributed by atoms with Crippen molar-refractivity contribution in [1.29, 1.82) is 0 Å². The average Bonchev–Trinajstić information content (AvgIpc) is 3.05. The molecule has 1 saturated carbocycles. The molecule has 0 heterocycles. The van der Waals surface area contributed by atoms with E-state index in [9.17, 15) is 22.0 Å². The van der Waals surface area contributed by atoms with Crippen LogP contribution in [0.3, 0.4) is 0 Å². The smallest absolute Gasteiger partial charge is 0.310 e. The van der Waals surface area contributed by atoms with E-state index < -0.39 is 37.9 Å². The Morgan fingerprint density at radius 1 is 1.40 bits per heavy atom. The first-order valence-electron chi connectivity index (χ1n) is 5.56. The Hall–Kier alpha value is -1.06. The van der Waals surface area contributed by atoms with Crippen LogP contribution in [-0.4, -0.2) is 26.0 Å². The van der Waals surface area contributed by atoms with Crippen LogP contribution in [0.15, 0.2) is 21.5 Å². The van der Waals surface area contributed by atoms with E-state index in [0.717, 1.165) is 6.07 Å². The third kappa shape index (κ3) is 2.84. The number of nitrogens with one attached hydrogen (secondary N) is 1. The zero-order valence-electron chi connectivity index (χ0n) is 9.99. The van der Waals surface area contributed by atoms with Crippen molar-refractivity contribution in [3.63, 3.8) is 0 Å². The van der Waals surface area contributed by atoms with Gasteiger partial charge >= 0.3 is 5.97 Å². The second-order valence-electron chi connectivity index (χ2n) is 4.61. The van der Waals surface area contributed by atoms with Gasteiger partial charge in [0.05, 0.1) is 5.41 Å². The molecule has 0 unspecified atom stereocenters. The number of hydrogen-bond acceptors (Lipinski definition) is 3. The summed E-state index contributed by atoms with van der Waals surface area (Å²) < 4.78 is 52.3. The van der Waals surface area contributed by atoms with Crippen LogP contribution in [0.5, 0.6) is 0 Å². The van der Waals surface area contributed by atoms with E-state index in [1.54, 1.807) is 0 Å². The number of halogens is 3. The highest BCUT2D eigenvalue weighted by Crippen LogP contribution is 2.45. The lowest BCUT2D eigenvalue weighted by Crippen LogP contribution is -2.34. The second kappa shape index (κ2) is 5.05. The fourth-order valence-electron chi connectivity index (χ4n) is 1.71. The minimum atomic E-state index is -4.27. The summed E-state index contributed by atoms with van der Waals surface area (Å²) in [6.45, 7) is -0.325. The Balaban J connectivity index is 2.26. The number of carboxylic acid groups (broad SMARTS) is 1. The normalized spacial score (nSPS) is 16.9. The highest BCUT2D eigenvalue weighted by molar-refractivity contribution is 9.10. The van der Waals surface area contributed by atoms with Crippen molar-refractivity contribution in [2.24, 2.45) is 5.41 Å². The summed E-state index contributed by atoms with van der Waals surface area (Å²) in [6, 6.07) is 1.27. The lowest BCUT2D eigenvalue weighted by Gasteiger charge is -2.13. The molecule has 1 aromatic rings. The number of carbonyl (C=O) groups is 1. The molecule has 9 heteroatoms. The van der Waals surface area contributed by atoms with Crippen molar-refractivity contribution in [2.75, 3.05) is 6.54 Å². The Labute approximate surface area is 122 Å². The molecule has 110 valence electrons. The van der Waals surface area contributed by atoms with E-state index in [2.05, 4.69) is 20.7 Å². The summed E-state index contributed by atoms with van der Waals surface area (Å²) >= 11 is 2.78. The molecule has 1 aliphatic rings. The molecule has 2 rings (SSSR count). The maximum Gasteiger partial charge on any atom is 0.310 e. The molecule has 0 bridgehead atoms. The molecule has 0 aromatic heterocycles. The zero-order chi connectivity index (χ0) is 15.1. The fourth-order valence-corrected chi connectivity index (χ4v) is 4.00. The van der Waals surface area contributed by atoms with E-state index in [1.165, 1.54) is 0 Å². The van der Waals surface area contributed by atoms with Gasteiger partial charge in [-0.3, -0.25) is 4.79 Å².